The lowest BCUT2D eigenvalue weighted by atomic mass is 9.98. The van der Waals surface area contributed by atoms with E-state index in [0.29, 0.717) is 12.1 Å². The van der Waals surface area contributed by atoms with E-state index in [4.69, 9.17) is 4.74 Å². The molecule has 3 amide bonds. The standard InChI is InChI=1S/C25H41N3O6/c1-7-8-9-12-26-22(31)21(19-11-10-17(2)18(3)15-19)28(13-14-29)23(32)20(16-30)27-24(33)34-25(4,5)6/h10-11,15,20-21,29-30H,7-9,12-14,16H2,1-6H3,(H,26,31)(H,27,33). The highest BCUT2D eigenvalue weighted by Crippen LogP contribution is 2.24. The molecule has 1 aromatic rings. The van der Waals surface area contributed by atoms with Crippen molar-refractivity contribution in [3.8, 4) is 0 Å². The Morgan fingerprint density at radius 2 is 1.76 bits per heavy atom. The van der Waals surface area contributed by atoms with Crippen LogP contribution in [0.15, 0.2) is 18.2 Å². The van der Waals surface area contributed by atoms with Crippen molar-refractivity contribution in [1.29, 1.82) is 0 Å². The average Bonchev–Trinajstić information content (AvgIpc) is 2.75. The van der Waals surface area contributed by atoms with E-state index in [1.54, 1.807) is 26.8 Å². The van der Waals surface area contributed by atoms with Crippen LogP contribution in [0.2, 0.25) is 0 Å². The van der Waals surface area contributed by atoms with Crippen LogP contribution in [0.3, 0.4) is 0 Å². The fourth-order valence-electron chi connectivity index (χ4n) is 3.40. The Kier molecular flexibility index (Phi) is 12.0. The number of aliphatic hydroxyl groups excluding tert-OH is 2. The van der Waals surface area contributed by atoms with Crippen molar-refractivity contribution in [1.82, 2.24) is 15.5 Å². The number of alkyl carbamates (subject to hydrolysis) is 1. The summed E-state index contributed by atoms with van der Waals surface area (Å²) in [5.41, 5.74) is 1.76. The number of nitrogens with zero attached hydrogens (tertiary/aromatic N) is 1. The van der Waals surface area contributed by atoms with E-state index < -0.39 is 48.8 Å². The zero-order valence-corrected chi connectivity index (χ0v) is 21.3. The van der Waals surface area contributed by atoms with Crippen molar-refractivity contribution >= 4 is 17.9 Å². The van der Waals surface area contributed by atoms with Crippen LogP contribution in [0.25, 0.3) is 0 Å². The number of carbonyl (C=O) groups is 3. The number of unbranched alkanes of at least 4 members (excludes halogenated alkanes) is 2. The van der Waals surface area contributed by atoms with E-state index in [-0.39, 0.29) is 6.54 Å². The molecule has 9 heteroatoms. The van der Waals surface area contributed by atoms with Crippen molar-refractivity contribution in [2.45, 2.75) is 78.5 Å². The first-order valence-electron chi connectivity index (χ1n) is 11.8. The maximum Gasteiger partial charge on any atom is 0.408 e. The van der Waals surface area contributed by atoms with Gasteiger partial charge in [-0.05, 0) is 57.7 Å². The van der Waals surface area contributed by atoms with Gasteiger partial charge in [-0.2, -0.15) is 0 Å². The van der Waals surface area contributed by atoms with Crippen LogP contribution in [0.5, 0.6) is 0 Å². The highest BCUT2D eigenvalue weighted by molar-refractivity contribution is 5.92. The molecule has 4 N–H and O–H groups in total. The number of carbonyl (C=O) groups excluding carboxylic acids is 3. The zero-order chi connectivity index (χ0) is 25.9. The number of hydrogen-bond acceptors (Lipinski definition) is 6. The maximum absolute atomic E-state index is 13.4. The molecule has 0 aromatic heterocycles. The van der Waals surface area contributed by atoms with Gasteiger partial charge in [0, 0.05) is 13.1 Å². The molecule has 0 bridgehead atoms. The van der Waals surface area contributed by atoms with Crippen molar-refractivity contribution in [3.63, 3.8) is 0 Å². The van der Waals surface area contributed by atoms with Gasteiger partial charge < -0.3 is 30.5 Å². The van der Waals surface area contributed by atoms with Gasteiger partial charge in [-0.15, -0.1) is 0 Å². The molecule has 0 aliphatic rings. The van der Waals surface area contributed by atoms with Crippen LogP contribution in [-0.2, 0) is 14.3 Å². The Morgan fingerprint density at radius 3 is 2.29 bits per heavy atom. The minimum absolute atomic E-state index is 0.161. The molecule has 192 valence electrons. The second-order valence-corrected chi connectivity index (χ2v) is 9.38. The molecular formula is C25H41N3O6. The van der Waals surface area contributed by atoms with Crippen molar-refractivity contribution in [3.05, 3.63) is 34.9 Å². The molecule has 2 atom stereocenters. The molecular weight excluding hydrogens is 438 g/mol. The van der Waals surface area contributed by atoms with Gasteiger partial charge >= 0.3 is 6.09 Å². The molecule has 34 heavy (non-hydrogen) atoms. The second kappa shape index (κ2) is 13.9. The third-order valence-corrected chi connectivity index (χ3v) is 5.28. The summed E-state index contributed by atoms with van der Waals surface area (Å²) in [6, 6.07) is 3.08. The van der Waals surface area contributed by atoms with Gasteiger partial charge in [-0.1, -0.05) is 38.0 Å². The molecule has 0 aliphatic heterocycles. The van der Waals surface area contributed by atoms with Gasteiger partial charge in [0.2, 0.25) is 11.8 Å². The number of nitrogens with one attached hydrogen (secondary N) is 2. The van der Waals surface area contributed by atoms with Crippen molar-refractivity contribution in [2.75, 3.05) is 26.3 Å². The molecule has 0 fully saturated rings. The first-order chi connectivity index (χ1) is 15.9. The summed E-state index contributed by atoms with van der Waals surface area (Å²) in [6.45, 7) is 10.2. The monoisotopic (exact) mass is 479 g/mol. The molecule has 2 unspecified atom stereocenters. The zero-order valence-electron chi connectivity index (χ0n) is 21.3. The Morgan fingerprint density at radius 1 is 1.09 bits per heavy atom. The van der Waals surface area contributed by atoms with Crippen LogP contribution < -0.4 is 10.6 Å². The molecule has 0 heterocycles. The molecule has 0 saturated carbocycles. The normalized spacial score (nSPS) is 13.1. The van der Waals surface area contributed by atoms with E-state index in [1.165, 1.54) is 4.90 Å². The van der Waals surface area contributed by atoms with Crippen molar-refractivity contribution in [2.24, 2.45) is 0 Å². The number of benzene rings is 1. The number of aryl methyl sites for hydroxylation is 2. The molecule has 0 radical (unpaired) electrons. The number of ether oxygens (including phenoxy) is 1. The van der Waals surface area contributed by atoms with E-state index in [2.05, 4.69) is 17.6 Å². The van der Waals surface area contributed by atoms with E-state index >= 15 is 0 Å². The fourth-order valence-corrected chi connectivity index (χ4v) is 3.40. The van der Waals surface area contributed by atoms with Gasteiger partial charge in [-0.25, -0.2) is 4.79 Å². The SMILES string of the molecule is CCCCCNC(=O)C(c1ccc(C)c(C)c1)N(CCO)C(=O)C(CO)NC(=O)OC(C)(C)C. The average molecular weight is 480 g/mol. The van der Waals surface area contributed by atoms with Gasteiger partial charge in [0.25, 0.3) is 0 Å². The van der Waals surface area contributed by atoms with Crippen LogP contribution in [0.4, 0.5) is 4.79 Å². The van der Waals surface area contributed by atoms with E-state index in [1.807, 2.05) is 26.0 Å². The predicted molar refractivity (Wildman–Crippen MR) is 130 cm³/mol. The Labute approximate surface area is 202 Å². The molecule has 0 aliphatic carbocycles. The lowest BCUT2D eigenvalue weighted by molar-refractivity contribution is -0.143. The van der Waals surface area contributed by atoms with Gasteiger partial charge in [0.1, 0.15) is 17.7 Å². The van der Waals surface area contributed by atoms with E-state index in [0.717, 1.165) is 30.4 Å². The van der Waals surface area contributed by atoms with Gasteiger partial charge in [-0.3, -0.25) is 9.59 Å². The smallest absolute Gasteiger partial charge is 0.408 e. The maximum atomic E-state index is 13.4. The first-order valence-corrected chi connectivity index (χ1v) is 11.8. The summed E-state index contributed by atoms with van der Waals surface area (Å²) in [7, 11) is 0. The summed E-state index contributed by atoms with van der Waals surface area (Å²) < 4.78 is 5.20. The van der Waals surface area contributed by atoms with Crippen LogP contribution in [0, 0.1) is 13.8 Å². The minimum atomic E-state index is -1.34. The summed E-state index contributed by atoms with van der Waals surface area (Å²) in [5.74, 6) is -1.09. The molecule has 1 rings (SSSR count). The Bertz CT molecular complexity index is 821. The summed E-state index contributed by atoms with van der Waals surface area (Å²) in [4.78, 5) is 40.1. The molecule has 1 aromatic carbocycles. The van der Waals surface area contributed by atoms with Crippen molar-refractivity contribution < 1.29 is 29.3 Å². The topological polar surface area (TPSA) is 128 Å². The van der Waals surface area contributed by atoms with Crippen LogP contribution >= 0.6 is 0 Å². The molecule has 0 saturated heterocycles. The quantitative estimate of drug-likeness (QED) is 0.341. The predicted octanol–water partition coefficient (Wildman–Crippen LogP) is 2.36. The highest BCUT2D eigenvalue weighted by Gasteiger charge is 2.36. The number of amides is 3. The van der Waals surface area contributed by atoms with Crippen LogP contribution in [-0.4, -0.2) is 71.0 Å². The number of aliphatic hydroxyl groups is 2. The number of hydrogen-bond donors (Lipinski definition) is 4. The van der Waals surface area contributed by atoms with Gasteiger partial charge in [0.15, 0.2) is 0 Å². The number of rotatable bonds is 12. The summed E-state index contributed by atoms with van der Waals surface area (Å²) in [6.07, 6.45) is 1.89. The Balaban J connectivity index is 3.29. The molecule has 9 nitrogen and oxygen atoms in total. The Hall–Kier alpha value is -2.65. The highest BCUT2D eigenvalue weighted by atomic mass is 16.6. The summed E-state index contributed by atoms with van der Waals surface area (Å²) in [5, 5.41) is 24.8. The summed E-state index contributed by atoms with van der Waals surface area (Å²) >= 11 is 0. The lowest BCUT2D eigenvalue weighted by Crippen LogP contribution is -2.55. The van der Waals surface area contributed by atoms with E-state index in [9.17, 15) is 24.6 Å². The third-order valence-electron chi connectivity index (χ3n) is 5.28. The fraction of sp³-hybridized carbons (Fsp3) is 0.640. The second-order valence-electron chi connectivity index (χ2n) is 9.38. The third kappa shape index (κ3) is 9.30. The largest absolute Gasteiger partial charge is 0.444 e. The van der Waals surface area contributed by atoms with Gasteiger partial charge in [0.05, 0.1) is 13.2 Å². The minimum Gasteiger partial charge on any atom is -0.444 e. The first kappa shape index (κ1) is 29.4. The van der Waals surface area contributed by atoms with Crippen LogP contribution in [0.1, 0.15) is 69.7 Å². The molecule has 0 spiro atoms. The lowest BCUT2D eigenvalue weighted by Gasteiger charge is -2.34.